The summed E-state index contributed by atoms with van der Waals surface area (Å²) in [6.07, 6.45) is 0. The van der Waals surface area contributed by atoms with E-state index in [4.69, 9.17) is 10.8 Å². The topological polar surface area (TPSA) is 69.8 Å². The van der Waals surface area contributed by atoms with Gasteiger partial charge in [0.15, 0.2) is 0 Å². The van der Waals surface area contributed by atoms with Crippen LogP contribution in [0.25, 0.3) is 0 Å². The molecule has 0 atom stereocenters. The Labute approximate surface area is 120 Å². The zero-order valence-corrected chi connectivity index (χ0v) is 12.4. The number of piperazine rings is 1. The number of carboxylic acid groups (broad SMARTS) is 1. The molecule has 110 valence electrons. The molecule has 20 heavy (non-hydrogen) atoms. The molecule has 0 radical (unpaired) electrons. The second-order valence-electron chi connectivity index (χ2n) is 6.22. The Kier molecular flexibility index (Phi) is 3.90. The number of nitrogen functional groups attached to an aromatic ring is 1. The molecule has 1 aliphatic heterocycles. The van der Waals surface area contributed by atoms with Gasteiger partial charge >= 0.3 is 5.97 Å². The lowest BCUT2D eigenvalue weighted by atomic mass is 10.0. The lowest BCUT2D eigenvalue weighted by molar-refractivity contribution is 0.0698. The quantitative estimate of drug-likeness (QED) is 0.808. The zero-order chi connectivity index (χ0) is 14.9. The minimum atomic E-state index is -0.974. The van der Waals surface area contributed by atoms with Gasteiger partial charge in [-0.2, -0.15) is 0 Å². The minimum Gasteiger partial charge on any atom is -0.478 e. The van der Waals surface area contributed by atoms with Crippen molar-refractivity contribution in [1.29, 1.82) is 0 Å². The number of anilines is 2. The summed E-state index contributed by atoms with van der Waals surface area (Å²) in [6.45, 7) is 10.4. The molecule has 5 heteroatoms. The van der Waals surface area contributed by atoms with E-state index in [-0.39, 0.29) is 11.1 Å². The summed E-state index contributed by atoms with van der Waals surface area (Å²) >= 11 is 0. The molecule has 0 saturated carbocycles. The second-order valence-corrected chi connectivity index (χ2v) is 6.22. The van der Waals surface area contributed by atoms with Gasteiger partial charge in [-0.1, -0.05) is 0 Å². The molecule has 1 aromatic rings. The lowest BCUT2D eigenvalue weighted by Gasteiger charge is -2.43. The van der Waals surface area contributed by atoms with Crippen LogP contribution in [0.4, 0.5) is 11.4 Å². The molecule has 0 aromatic heterocycles. The van der Waals surface area contributed by atoms with E-state index in [1.807, 2.05) is 6.07 Å². The molecular weight excluding hydrogens is 254 g/mol. The van der Waals surface area contributed by atoms with Gasteiger partial charge in [0.25, 0.3) is 0 Å². The summed E-state index contributed by atoms with van der Waals surface area (Å²) in [7, 11) is 0. The molecular formula is C15H23N3O2. The molecule has 1 heterocycles. The highest BCUT2D eigenvalue weighted by molar-refractivity contribution is 5.94. The maximum atomic E-state index is 11.1. The number of hydrogen-bond acceptors (Lipinski definition) is 4. The van der Waals surface area contributed by atoms with E-state index in [0.717, 1.165) is 31.9 Å². The van der Waals surface area contributed by atoms with Crippen molar-refractivity contribution in [1.82, 2.24) is 4.90 Å². The van der Waals surface area contributed by atoms with Crippen LogP contribution >= 0.6 is 0 Å². The van der Waals surface area contributed by atoms with Crippen molar-refractivity contribution >= 4 is 17.3 Å². The number of carbonyl (C=O) groups is 1. The number of nitrogens with zero attached hydrogens (tertiary/aromatic N) is 2. The molecule has 5 nitrogen and oxygen atoms in total. The Hall–Kier alpha value is -1.75. The smallest absolute Gasteiger partial charge is 0.337 e. The van der Waals surface area contributed by atoms with Crippen LogP contribution < -0.4 is 10.6 Å². The standard InChI is InChI=1S/C15H23N3O2/c1-15(2,3)18-8-6-17(7-9-18)11-4-5-13(16)12(10-11)14(19)20/h4-5,10H,6-9,16H2,1-3H3,(H,19,20). The summed E-state index contributed by atoms with van der Waals surface area (Å²) in [4.78, 5) is 15.8. The van der Waals surface area contributed by atoms with E-state index in [0.29, 0.717) is 5.69 Å². The van der Waals surface area contributed by atoms with E-state index in [1.165, 1.54) is 0 Å². The van der Waals surface area contributed by atoms with Gasteiger partial charge in [-0.25, -0.2) is 4.79 Å². The predicted molar refractivity (Wildman–Crippen MR) is 81.4 cm³/mol. The summed E-state index contributed by atoms with van der Waals surface area (Å²) in [6, 6.07) is 5.24. The SMILES string of the molecule is CC(C)(C)N1CCN(c2ccc(N)c(C(=O)O)c2)CC1. The number of nitrogens with two attached hydrogens (primary N) is 1. The summed E-state index contributed by atoms with van der Waals surface area (Å²) in [5, 5.41) is 9.13. The molecule has 1 fully saturated rings. The molecule has 1 aromatic carbocycles. The molecule has 1 aliphatic rings. The Balaban J connectivity index is 2.11. The van der Waals surface area contributed by atoms with Gasteiger partial charge in [-0.15, -0.1) is 0 Å². The van der Waals surface area contributed by atoms with Gasteiger partial charge in [0.05, 0.1) is 5.56 Å². The van der Waals surface area contributed by atoms with Crippen molar-refractivity contribution in [3.63, 3.8) is 0 Å². The van der Waals surface area contributed by atoms with Crippen LogP contribution in [-0.4, -0.2) is 47.7 Å². The monoisotopic (exact) mass is 277 g/mol. The zero-order valence-electron chi connectivity index (χ0n) is 12.4. The van der Waals surface area contributed by atoms with Crippen LogP contribution in [0.5, 0.6) is 0 Å². The predicted octanol–water partition coefficient (Wildman–Crippen LogP) is 1.89. The molecule has 1 saturated heterocycles. The molecule has 0 bridgehead atoms. The number of rotatable bonds is 2. The Morgan fingerprint density at radius 1 is 1.20 bits per heavy atom. The van der Waals surface area contributed by atoms with Crippen molar-refractivity contribution in [3.05, 3.63) is 23.8 Å². The number of hydrogen-bond donors (Lipinski definition) is 2. The third kappa shape index (κ3) is 3.04. The van der Waals surface area contributed by atoms with E-state index in [1.54, 1.807) is 12.1 Å². The van der Waals surface area contributed by atoms with Crippen LogP contribution in [0.1, 0.15) is 31.1 Å². The maximum absolute atomic E-state index is 11.1. The summed E-state index contributed by atoms with van der Waals surface area (Å²) in [5.74, 6) is -0.974. The summed E-state index contributed by atoms with van der Waals surface area (Å²) in [5.41, 5.74) is 7.30. The Morgan fingerprint density at radius 3 is 2.30 bits per heavy atom. The fourth-order valence-corrected chi connectivity index (χ4v) is 2.56. The van der Waals surface area contributed by atoms with Crippen LogP contribution in [0.15, 0.2) is 18.2 Å². The first-order valence-corrected chi connectivity index (χ1v) is 6.92. The van der Waals surface area contributed by atoms with Gasteiger partial charge in [-0.05, 0) is 39.0 Å². The Morgan fingerprint density at radius 2 is 1.80 bits per heavy atom. The highest BCUT2D eigenvalue weighted by atomic mass is 16.4. The molecule has 3 N–H and O–H groups in total. The van der Waals surface area contributed by atoms with E-state index < -0.39 is 5.97 Å². The average molecular weight is 277 g/mol. The van der Waals surface area contributed by atoms with Crippen molar-refractivity contribution in [2.75, 3.05) is 36.8 Å². The number of carboxylic acids is 1. The first kappa shape index (κ1) is 14.7. The molecule has 0 aliphatic carbocycles. The third-order valence-corrected chi connectivity index (χ3v) is 3.86. The lowest BCUT2D eigenvalue weighted by Crippen LogP contribution is -2.53. The van der Waals surface area contributed by atoms with Crippen LogP contribution in [0, 0.1) is 0 Å². The van der Waals surface area contributed by atoms with Crippen LogP contribution in [-0.2, 0) is 0 Å². The van der Waals surface area contributed by atoms with Crippen molar-refractivity contribution in [2.24, 2.45) is 0 Å². The number of benzene rings is 1. The third-order valence-electron chi connectivity index (χ3n) is 3.86. The fraction of sp³-hybridized carbons (Fsp3) is 0.533. The molecule has 0 spiro atoms. The highest BCUT2D eigenvalue weighted by Gasteiger charge is 2.26. The first-order valence-electron chi connectivity index (χ1n) is 6.92. The molecule has 2 rings (SSSR count). The molecule has 0 amide bonds. The van der Waals surface area contributed by atoms with E-state index in [2.05, 4.69) is 30.6 Å². The van der Waals surface area contributed by atoms with Crippen molar-refractivity contribution in [3.8, 4) is 0 Å². The van der Waals surface area contributed by atoms with Crippen molar-refractivity contribution in [2.45, 2.75) is 26.3 Å². The van der Waals surface area contributed by atoms with Gasteiger partial charge in [0.1, 0.15) is 0 Å². The average Bonchev–Trinajstić information content (AvgIpc) is 2.38. The second kappa shape index (κ2) is 5.32. The summed E-state index contributed by atoms with van der Waals surface area (Å²) < 4.78 is 0. The van der Waals surface area contributed by atoms with E-state index >= 15 is 0 Å². The van der Waals surface area contributed by atoms with Gasteiger partial charge in [0.2, 0.25) is 0 Å². The highest BCUT2D eigenvalue weighted by Crippen LogP contribution is 2.24. The fourth-order valence-electron chi connectivity index (χ4n) is 2.56. The van der Waals surface area contributed by atoms with Crippen LogP contribution in [0.2, 0.25) is 0 Å². The van der Waals surface area contributed by atoms with E-state index in [9.17, 15) is 4.79 Å². The van der Waals surface area contributed by atoms with Gasteiger partial charge in [-0.3, -0.25) is 4.90 Å². The number of aromatic carboxylic acids is 1. The Bertz CT molecular complexity index is 500. The normalized spacial score (nSPS) is 17.2. The maximum Gasteiger partial charge on any atom is 0.337 e. The molecule has 0 unspecified atom stereocenters. The largest absolute Gasteiger partial charge is 0.478 e. The van der Waals surface area contributed by atoms with Gasteiger partial charge in [0, 0.05) is 43.1 Å². The minimum absolute atomic E-state index is 0.180. The van der Waals surface area contributed by atoms with Crippen LogP contribution in [0.3, 0.4) is 0 Å². The van der Waals surface area contributed by atoms with Crippen molar-refractivity contribution < 1.29 is 9.90 Å². The first-order chi connectivity index (χ1) is 9.29. The van der Waals surface area contributed by atoms with Gasteiger partial charge < -0.3 is 15.7 Å².